The van der Waals surface area contributed by atoms with E-state index in [-0.39, 0.29) is 18.2 Å². The lowest BCUT2D eigenvalue weighted by Gasteiger charge is -2.28. The highest BCUT2D eigenvalue weighted by Gasteiger charge is 2.14. The van der Waals surface area contributed by atoms with Crippen LogP contribution in [0.15, 0.2) is 42.5 Å². The van der Waals surface area contributed by atoms with Crippen LogP contribution in [-0.4, -0.2) is 24.9 Å². The van der Waals surface area contributed by atoms with Gasteiger partial charge in [-0.2, -0.15) is 0 Å². The summed E-state index contributed by atoms with van der Waals surface area (Å²) in [6, 6.07) is 13.8. The first-order valence-corrected chi connectivity index (χ1v) is 10.1. The molecule has 0 aliphatic carbocycles. The number of carbonyl (C=O) groups excluding carboxylic acids is 2. The van der Waals surface area contributed by atoms with Crippen LogP contribution in [0, 0.1) is 6.92 Å². The first kappa shape index (κ1) is 19.9. The van der Waals surface area contributed by atoms with Crippen molar-refractivity contribution in [2.24, 2.45) is 0 Å². The van der Waals surface area contributed by atoms with Gasteiger partial charge < -0.3 is 15.5 Å². The Hall–Kier alpha value is -2.82. The summed E-state index contributed by atoms with van der Waals surface area (Å²) in [6.07, 6.45) is 4.38. The lowest BCUT2D eigenvalue weighted by Crippen LogP contribution is -2.29. The molecule has 2 aromatic carbocycles. The van der Waals surface area contributed by atoms with Gasteiger partial charge in [-0.05, 0) is 68.0 Å². The molecule has 5 heteroatoms. The molecule has 1 aliphatic heterocycles. The third kappa shape index (κ3) is 5.12. The number of nitrogens with zero attached hydrogens (tertiary/aromatic N) is 1. The maximum atomic E-state index is 12.3. The average Bonchev–Trinajstić information content (AvgIpc) is 2.70. The third-order valence-electron chi connectivity index (χ3n) is 5.20. The van der Waals surface area contributed by atoms with E-state index in [1.165, 1.54) is 24.9 Å². The molecular formula is C23H29N3O2. The molecule has 0 aromatic heterocycles. The van der Waals surface area contributed by atoms with Crippen LogP contribution in [0.3, 0.4) is 0 Å². The topological polar surface area (TPSA) is 61.4 Å². The molecule has 0 atom stereocenters. The Morgan fingerprint density at radius 2 is 1.61 bits per heavy atom. The van der Waals surface area contributed by atoms with Crippen molar-refractivity contribution in [3.63, 3.8) is 0 Å². The molecule has 0 saturated carbocycles. The van der Waals surface area contributed by atoms with E-state index in [4.69, 9.17) is 0 Å². The minimum Gasteiger partial charge on any atom is -0.372 e. The number of hydrogen-bond acceptors (Lipinski definition) is 3. The number of anilines is 3. The van der Waals surface area contributed by atoms with Gasteiger partial charge in [0.2, 0.25) is 11.8 Å². The van der Waals surface area contributed by atoms with Gasteiger partial charge in [-0.3, -0.25) is 9.59 Å². The molecule has 28 heavy (non-hydrogen) atoms. The van der Waals surface area contributed by atoms with Crippen LogP contribution in [0.1, 0.15) is 43.7 Å². The van der Waals surface area contributed by atoms with E-state index in [2.05, 4.69) is 15.5 Å². The summed E-state index contributed by atoms with van der Waals surface area (Å²) < 4.78 is 0. The molecule has 1 fully saturated rings. The van der Waals surface area contributed by atoms with E-state index in [0.29, 0.717) is 5.69 Å². The molecule has 2 aromatic rings. The van der Waals surface area contributed by atoms with Gasteiger partial charge in [0.25, 0.3) is 0 Å². The fourth-order valence-corrected chi connectivity index (χ4v) is 3.64. The predicted molar refractivity (Wildman–Crippen MR) is 115 cm³/mol. The molecule has 0 unspecified atom stereocenters. The minimum absolute atomic E-state index is 0.203. The maximum absolute atomic E-state index is 12.3. The van der Waals surface area contributed by atoms with Crippen molar-refractivity contribution in [1.29, 1.82) is 0 Å². The number of piperidine rings is 1. The van der Waals surface area contributed by atoms with Gasteiger partial charge >= 0.3 is 0 Å². The van der Waals surface area contributed by atoms with E-state index in [9.17, 15) is 9.59 Å². The first-order chi connectivity index (χ1) is 13.6. The largest absolute Gasteiger partial charge is 0.372 e. The number of hydrogen-bond donors (Lipinski definition) is 2. The second-order valence-corrected chi connectivity index (χ2v) is 7.33. The summed E-state index contributed by atoms with van der Waals surface area (Å²) >= 11 is 0. The second kappa shape index (κ2) is 9.40. The van der Waals surface area contributed by atoms with E-state index in [1.54, 1.807) is 0 Å². The van der Waals surface area contributed by atoms with Crippen LogP contribution in [0.4, 0.5) is 17.1 Å². The smallest absolute Gasteiger partial charge is 0.233 e. The fraction of sp³-hybridized carbons (Fsp3) is 0.391. The van der Waals surface area contributed by atoms with Crippen molar-refractivity contribution in [3.05, 3.63) is 53.6 Å². The minimum atomic E-state index is -0.310. The summed E-state index contributed by atoms with van der Waals surface area (Å²) in [5, 5.41) is 5.71. The Morgan fingerprint density at radius 1 is 0.929 bits per heavy atom. The van der Waals surface area contributed by atoms with Crippen molar-refractivity contribution in [2.45, 2.75) is 46.0 Å². The van der Waals surface area contributed by atoms with Crippen molar-refractivity contribution in [3.8, 4) is 0 Å². The molecule has 1 saturated heterocycles. The third-order valence-corrected chi connectivity index (χ3v) is 5.20. The Balaban J connectivity index is 1.54. The van der Waals surface area contributed by atoms with Gasteiger partial charge in [-0.15, -0.1) is 0 Å². The predicted octanol–water partition coefficient (Wildman–Crippen LogP) is 4.52. The quantitative estimate of drug-likeness (QED) is 0.726. The van der Waals surface area contributed by atoms with Crippen LogP contribution >= 0.6 is 0 Å². The first-order valence-electron chi connectivity index (χ1n) is 10.1. The van der Waals surface area contributed by atoms with E-state index in [1.807, 2.05) is 56.3 Å². The number of para-hydroxylation sites is 1. The average molecular weight is 380 g/mol. The summed E-state index contributed by atoms with van der Waals surface area (Å²) in [7, 11) is 0. The number of aryl methyl sites for hydroxylation is 2. The lowest BCUT2D eigenvalue weighted by atomic mass is 10.1. The highest BCUT2D eigenvalue weighted by molar-refractivity contribution is 6.08. The summed E-state index contributed by atoms with van der Waals surface area (Å²) in [4.78, 5) is 26.9. The molecule has 1 heterocycles. The zero-order chi connectivity index (χ0) is 19.9. The van der Waals surface area contributed by atoms with Gasteiger partial charge in [0.05, 0.1) is 0 Å². The van der Waals surface area contributed by atoms with Gasteiger partial charge in [0.1, 0.15) is 6.42 Å². The van der Waals surface area contributed by atoms with Crippen LogP contribution in [0.5, 0.6) is 0 Å². The van der Waals surface area contributed by atoms with Gasteiger partial charge in [-0.1, -0.05) is 25.1 Å². The molecule has 0 radical (unpaired) electrons. The van der Waals surface area contributed by atoms with Crippen LogP contribution in [0.25, 0.3) is 0 Å². The van der Waals surface area contributed by atoms with Crippen LogP contribution < -0.4 is 15.5 Å². The molecule has 5 nitrogen and oxygen atoms in total. The number of benzene rings is 2. The highest BCUT2D eigenvalue weighted by atomic mass is 16.2. The second-order valence-electron chi connectivity index (χ2n) is 7.33. The monoisotopic (exact) mass is 379 g/mol. The molecular weight excluding hydrogens is 350 g/mol. The van der Waals surface area contributed by atoms with Gasteiger partial charge in [0, 0.05) is 30.2 Å². The molecule has 1 aliphatic rings. The highest BCUT2D eigenvalue weighted by Crippen LogP contribution is 2.23. The molecule has 0 bridgehead atoms. The molecule has 2 amide bonds. The Labute approximate surface area is 167 Å². The van der Waals surface area contributed by atoms with Crippen molar-refractivity contribution < 1.29 is 9.59 Å². The Bertz CT molecular complexity index is 824. The summed E-state index contributed by atoms with van der Waals surface area (Å²) in [6.45, 7) is 6.18. The Morgan fingerprint density at radius 3 is 2.29 bits per heavy atom. The summed E-state index contributed by atoms with van der Waals surface area (Å²) in [5.41, 5.74) is 4.78. The van der Waals surface area contributed by atoms with E-state index >= 15 is 0 Å². The number of amides is 2. The normalized spacial score (nSPS) is 13.9. The molecule has 148 valence electrons. The Kier molecular flexibility index (Phi) is 6.69. The van der Waals surface area contributed by atoms with E-state index in [0.717, 1.165) is 36.3 Å². The zero-order valence-corrected chi connectivity index (χ0v) is 16.8. The van der Waals surface area contributed by atoms with Crippen molar-refractivity contribution in [2.75, 3.05) is 28.6 Å². The summed E-state index contributed by atoms with van der Waals surface area (Å²) in [5.74, 6) is -0.610. The van der Waals surface area contributed by atoms with Gasteiger partial charge in [-0.25, -0.2) is 0 Å². The van der Waals surface area contributed by atoms with Crippen LogP contribution in [0.2, 0.25) is 0 Å². The molecule has 3 rings (SSSR count). The standard InChI is InChI=1S/C23H29N3O2/c1-3-18-9-7-8-17(2)23(18)25-22(28)16-21(27)24-19-10-12-20(13-11-19)26-14-5-4-6-15-26/h7-13H,3-6,14-16H2,1-2H3,(H,24,27)(H,25,28). The van der Waals surface area contributed by atoms with E-state index < -0.39 is 0 Å². The molecule has 2 N–H and O–H groups in total. The fourth-order valence-electron chi connectivity index (χ4n) is 3.64. The zero-order valence-electron chi connectivity index (χ0n) is 16.8. The van der Waals surface area contributed by atoms with Crippen molar-refractivity contribution in [1.82, 2.24) is 0 Å². The molecule has 0 spiro atoms. The van der Waals surface area contributed by atoms with Crippen molar-refractivity contribution >= 4 is 28.9 Å². The number of carbonyl (C=O) groups is 2. The number of rotatable bonds is 6. The SMILES string of the molecule is CCc1cccc(C)c1NC(=O)CC(=O)Nc1ccc(N2CCCCC2)cc1. The lowest BCUT2D eigenvalue weighted by molar-refractivity contribution is -0.123. The number of nitrogens with one attached hydrogen (secondary N) is 2. The maximum Gasteiger partial charge on any atom is 0.233 e. The van der Waals surface area contributed by atoms with Crippen LogP contribution in [-0.2, 0) is 16.0 Å². The van der Waals surface area contributed by atoms with Gasteiger partial charge in [0.15, 0.2) is 0 Å².